The van der Waals surface area contributed by atoms with E-state index in [4.69, 9.17) is 10.2 Å². The zero-order chi connectivity index (χ0) is 11.3. The molecule has 3 nitrogen and oxygen atoms in total. The second-order valence-electron chi connectivity index (χ2n) is 3.67. The van der Waals surface area contributed by atoms with Gasteiger partial charge < -0.3 is 10.2 Å². The molecular formula is C12H16O3. The van der Waals surface area contributed by atoms with E-state index in [2.05, 4.69) is 0 Å². The van der Waals surface area contributed by atoms with Crippen molar-refractivity contribution in [3.8, 4) is 0 Å². The van der Waals surface area contributed by atoms with Crippen molar-refractivity contribution in [3.63, 3.8) is 0 Å². The van der Waals surface area contributed by atoms with Crippen molar-refractivity contribution in [1.82, 2.24) is 0 Å². The Balaban J connectivity index is 2.84. The molecule has 0 spiro atoms. The van der Waals surface area contributed by atoms with E-state index < -0.39 is 11.9 Å². The lowest BCUT2D eigenvalue weighted by molar-refractivity contribution is -0.139. The lowest BCUT2D eigenvalue weighted by atomic mass is 9.93. The first-order valence-corrected chi connectivity index (χ1v) is 5.05. The molecule has 0 heterocycles. The summed E-state index contributed by atoms with van der Waals surface area (Å²) in [6, 6.07) is 7.51. The molecule has 1 unspecified atom stereocenters. The van der Waals surface area contributed by atoms with Gasteiger partial charge in [0, 0.05) is 6.61 Å². The van der Waals surface area contributed by atoms with Crippen LogP contribution in [0, 0.1) is 6.92 Å². The molecule has 0 aliphatic rings. The number of aliphatic hydroxyl groups excluding tert-OH is 1. The van der Waals surface area contributed by atoms with Crippen molar-refractivity contribution in [3.05, 3.63) is 35.4 Å². The second-order valence-corrected chi connectivity index (χ2v) is 3.67. The van der Waals surface area contributed by atoms with Crippen LogP contribution in [-0.4, -0.2) is 22.8 Å². The number of aliphatic carboxylic acids is 1. The van der Waals surface area contributed by atoms with E-state index in [1.54, 1.807) is 0 Å². The Morgan fingerprint density at radius 2 is 2.20 bits per heavy atom. The Labute approximate surface area is 89.4 Å². The first kappa shape index (κ1) is 11.7. The largest absolute Gasteiger partial charge is 0.481 e. The topological polar surface area (TPSA) is 57.5 Å². The maximum atomic E-state index is 11.0. The van der Waals surface area contributed by atoms with Crippen molar-refractivity contribution >= 4 is 5.97 Å². The second kappa shape index (κ2) is 5.51. The Morgan fingerprint density at radius 1 is 1.47 bits per heavy atom. The van der Waals surface area contributed by atoms with Gasteiger partial charge >= 0.3 is 5.97 Å². The third-order valence-electron chi connectivity index (χ3n) is 2.39. The number of carboxylic acid groups (broad SMARTS) is 1. The molecule has 1 atom stereocenters. The summed E-state index contributed by atoms with van der Waals surface area (Å²) >= 11 is 0. The van der Waals surface area contributed by atoms with Crippen LogP contribution >= 0.6 is 0 Å². The highest BCUT2D eigenvalue weighted by atomic mass is 16.4. The van der Waals surface area contributed by atoms with Gasteiger partial charge in [-0.25, -0.2) is 0 Å². The van der Waals surface area contributed by atoms with E-state index in [1.165, 1.54) is 0 Å². The molecule has 0 aromatic heterocycles. The van der Waals surface area contributed by atoms with Crippen LogP contribution in [0.1, 0.15) is 29.9 Å². The standard InChI is InChI=1S/C12H16O3/c1-9-4-2-5-10(8-9)11(12(14)15)6-3-7-13/h2,4-5,8,11,13H,3,6-7H2,1H3,(H,14,15). The molecule has 0 bridgehead atoms. The number of hydrogen-bond acceptors (Lipinski definition) is 2. The average molecular weight is 208 g/mol. The first-order chi connectivity index (χ1) is 7.15. The highest BCUT2D eigenvalue weighted by Gasteiger charge is 2.18. The van der Waals surface area contributed by atoms with E-state index in [1.807, 2.05) is 31.2 Å². The summed E-state index contributed by atoms with van der Waals surface area (Å²) in [6.07, 6.45) is 1.00. The van der Waals surface area contributed by atoms with Gasteiger partial charge in [-0.15, -0.1) is 0 Å². The van der Waals surface area contributed by atoms with E-state index >= 15 is 0 Å². The number of aryl methyl sites for hydroxylation is 1. The molecule has 0 saturated heterocycles. The SMILES string of the molecule is Cc1cccc(C(CCCO)C(=O)O)c1. The van der Waals surface area contributed by atoms with Crippen LogP contribution in [0.5, 0.6) is 0 Å². The van der Waals surface area contributed by atoms with Crippen molar-refractivity contribution < 1.29 is 15.0 Å². The smallest absolute Gasteiger partial charge is 0.310 e. The Hall–Kier alpha value is -1.35. The number of aliphatic hydroxyl groups is 1. The minimum atomic E-state index is -0.825. The van der Waals surface area contributed by atoms with Crippen molar-refractivity contribution in [1.29, 1.82) is 0 Å². The third-order valence-corrected chi connectivity index (χ3v) is 2.39. The Morgan fingerprint density at radius 3 is 2.73 bits per heavy atom. The van der Waals surface area contributed by atoms with Crippen LogP contribution in [-0.2, 0) is 4.79 Å². The average Bonchev–Trinajstić information content (AvgIpc) is 2.18. The van der Waals surface area contributed by atoms with Crippen molar-refractivity contribution in [2.24, 2.45) is 0 Å². The van der Waals surface area contributed by atoms with Gasteiger partial charge in [-0.1, -0.05) is 29.8 Å². The molecule has 1 aromatic carbocycles. The minimum absolute atomic E-state index is 0.0373. The number of carbonyl (C=O) groups is 1. The number of carboxylic acids is 1. The molecule has 0 aliphatic carbocycles. The summed E-state index contributed by atoms with van der Waals surface area (Å²) in [5.74, 6) is -1.33. The van der Waals surface area contributed by atoms with Crippen molar-refractivity contribution in [2.45, 2.75) is 25.7 Å². The number of benzene rings is 1. The molecule has 0 radical (unpaired) electrons. The zero-order valence-electron chi connectivity index (χ0n) is 8.81. The summed E-state index contributed by atoms with van der Waals surface area (Å²) in [7, 11) is 0. The highest BCUT2D eigenvalue weighted by Crippen LogP contribution is 2.22. The molecule has 0 fully saturated rings. The summed E-state index contributed by atoms with van der Waals surface area (Å²) in [5, 5.41) is 17.8. The molecule has 1 rings (SSSR count). The monoisotopic (exact) mass is 208 g/mol. The first-order valence-electron chi connectivity index (χ1n) is 5.05. The molecule has 0 aliphatic heterocycles. The van der Waals surface area contributed by atoms with E-state index in [0.29, 0.717) is 12.8 Å². The fourth-order valence-electron chi connectivity index (χ4n) is 1.61. The maximum absolute atomic E-state index is 11.0. The highest BCUT2D eigenvalue weighted by molar-refractivity contribution is 5.76. The molecule has 3 heteroatoms. The quantitative estimate of drug-likeness (QED) is 0.777. The van der Waals surface area contributed by atoms with Gasteiger partial charge in [-0.05, 0) is 25.3 Å². The maximum Gasteiger partial charge on any atom is 0.310 e. The van der Waals surface area contributed by atoms with Crippen LogP contribution in [0.2, 0.25) is 0 Å². The van der Waals surface area contributed by atoms with Crippen LogP contribution in [0.4, 0.5) is 0 Å². The van der Waals surface area contributed by atoms with Crippen LogP contribution in [0.25, 0.3) is 0 Å². The van der Waals surface area contributed by atoms with Gasteiger partial charge in [0.2, 0.25) is 0 Å². The molecule has 15 heavy (non-hydrogen) atoms. The summed E-state index contributed by atoms with van der Waals surface area (Å²) in [4.78, 5) is 11.0. The summed E-state index contributed by atoms with van der Waals surface area (Å²) in [5.41, 5.74) is 1.87. The lowest BCUT2D eigenvalue weighted by Gasteiger charge is -2.12. The van der Waals surface area contributed by atoms with Crippen molar-refractivity contribution in [2.75, 3.05) is 6.61 Å². The molecule has 2 N–H and O–H groups in total. The molecule has 0 amide bonds. The molecular weight excluding hydrogens is 192 g/mol. The lowest BCUT2D eigenvalue weighted by Crippen LogP contribution is -2.12. The van der Waals surface area contributed by atoms with Gasteiger partial charge in [0.05, 0.1) is 5.92 Å². The van der Waals surface area contributed by atoms with Crippen LogP contribution in [0.3, 0.4) is 0 Å². The fraction of sp³-hybridized carbons (Fsp3) is 0.417. The van der Waals surface area contributed by atoms with Gasteiger partial charge in [0.1, 0.15) is 0 Å². The summed E-state index contributed by atoms with van der Waals surface area (Å²) in [6.45, 7) is 1.98. The van der Waals surface area contributed by atoms with Gasteiger partial charge in [0.15, 0.2) is 0 Å². The molecule has 82 valence electrons. The van der Waals surface area contributed by atoms with Gasteiger partial charge in [-0.2, -0.15) is 0 Å². The molecule has 0 saturated carbocycles. The van der Waals surface area contributed by atoms with Crippen LogP contribution in [0.15, 0.2) is 24.3 Å². The predicted octanol–water partition coefficient (Wildman–Crippen LogP) is 1.94. The minimum Gasteiger partial charge on any atom is -0.481 e. The molecule has 1 aromatic rings. The normalized spacial score (nSPS) is 12.4. The van der Waals surface area contributed by atoms with E-state index in [0.717, 1.165) is 11.1 Å². The van der Waals surface area contributed by atoms with Gasteiger partial charge in [-0.3, -0.25) is 4.79 Å². The van der Waals surface area contributed by atoms with Crippen LogP contribution < -0.4 is 0 Å². The van der Waals surface area contributed by atoms with Gasteiger partial charge in [0.25, 0.3) is 0 Å². The number of rotatable bonds is 5. The van der Waals surface area contributed by atoms with E-state index in [-0.39, 0.29) is 6.61 Å². The number of hydrogen-bond donors (Lipinski definition) is 2. The Kier molecular flexibility index (Phi) is 4.31. The Bertz CT molecular complexity index is 333. The predicted molar refractivity (Wildman–Crippen MR) is 57.9 cm³/mol. The zero-order valence-corrected chi connectivity index (χ0v) is 8.81. The third kappa shape index (κ3) is 3.36. The fourth-order valence-corrected chi connectivity index (χ4v) is 1.61. The van der Waals surface area contributed by atoms with E-state index in [9.17, 15) is 4.79 Å². The summed E-state index contributed by atoms with van der Waals surface area (Å²) < 4.78 is 0.